The van der Waals surface area contributed by atoms with E-state index in [4.69, 9.17) is 28.3 Å². The van der Waals surface area contributed by atoms with Gasteiger partial charge in [-0.25, -0.2) is 4.98 Å². The maximum Gasteiger partial charge on any atom is 0.254 e. The molecule has 0 radical (unpaired) electrons. The van der Waals surface area contributed by atoms with Gasteiger partial charge >= 0.3 is 0 Å². The Balaban J connectivity index is 1.16. The number of hydrogen-bond donors (Lipinski definition) is 0. The summed E-state index contributed by atoms with van der Waals surface area (Å²) in [5.74, 6) is 1.11. The molecule has 0 unspecified atom stereocenters. The van der Waals surface area contributed by atoms with E-state index in [2.05, 4.69) is 11.0 Å². The zero-order valence-electron chi connectivity index (χ0n) is 24.7. The van der Waals surface area contributed by atoms with Gasteiger partial charge < -0.3 is 28.3 Å². The summed E-state index contributed by atoms with van der Waals surface area (Å²) in [6.45, 7) is 6.08. The Labute approximate surface area is 255 Å². The quantitative estimate of drug-likeness (QED) is 0.299. The highest BCUT2D eigenvalue weighted by molar-refractivity contribution is 5.97. The van der Waals surface area contributed by atoms with Crippen LogP contribution in [0, 0.1) is 11.3 Å². The summed E-state index contributed by atoms with van der Waals surface area (Å²) in [6, 6.07) is 17.5. The molecule has 4 aromatic rings. The van der Waals surface area contributed by atoms with Crippen LogP contribution < -0.4 is 9.47 Å². The summed E-state index contributed by atoms with van der Waals surface area (Å²) < 4.78 is 28.7. The average Bonchev–Trinajstić information content (AvgIpc) is 3.53. The molecule has 2 aromatic heterocycles. The first-order chi connectivity index (χ1) is 21.6. The molecular weight excluding hydrogens is 560 g/mol. The van der Waals surface area contributed by atoms with E-state index in [1.54, 1.807) is 19.4 Å². The molecule has 0 aliphatic carbocycles. The van der Waals surface area contributed by atoms with E-state index in [1.807, 2.05) is 47.4 Å². The van der Waals surface area contributed by atoms with Crippen LogP contribution in [0.5, 0.6) is 11.5 Å². The van der Waals surface area contributed by atoms with Crippen LogP contribution in [0.2, 0.25) is 0 Å². The predicted octanol–water partition coefficient (Wildman–Crippen LogP) is 4.76. The average molecular weight is 595 g/mol. The van der Waals surface area contributed by atoms with Crippen molar-refractivity contribution in [3.63, 3.8) is 0 Å². The molecule has 0 atom stereocenters. The van der Waals surface area contributed by atoms with E-state index in [-0.39, 0.29) is 12.0 Å². The zero-order chi connectivity index (χ0) is 30.0. The largest absolute Gasteiger partial charge is 0.496 e. The number of nitrogens with zero attached hydrogens (tertiary/aromatic N) is 4. The summed E-state index contributed by atoms with van der Waals surface area (Å²) in [5.41, 5.74) is 5.35. The molecular formula is C34H34N4O6. The number of rotatable bonds is 7. The Morgan fingerprint density at radius 2 is 1.75 bits per heavy atom. The molecule has 3 fully saturated rings. The second-order valence-electron chi connectivity index (χ2n) is 11.4. The lowest BCUT2D eigenvalue weighted by Gasteiger charge is -2.46. The SMILES string of the molecule is COc1cc(C(=O)N2CC(N3CCOCC3)C2)ccc1-c1cc(-c2ccc(OC3CCOCC3)c(C#N)c2)c2occc2n1. The lowest BCUT2D eigenvalue weighted by Crippen LogP contribution is -2.62. The van der Waals surface area contributed by atoms with Crippen LogP contribution >= 0.6 is 0 Å². The second kappa shape index (κ2) is 12.3. The summed E-state index contributed by atoms with van der Waals surface area (Å²) in [4.78, 5) is 22.5. The molecule has 3 saturated heterocycles. The lowest BCUT2D eigenvalue weighted by atomic mass is 9.98. The highest BCUT2D eigenvalue weighted by Gasteiger charge is 2.36. The third-order valence-corrected chi connectivity index (χ3v) is 8.72. The minimum absolute atomic E-state index is 0.00890. The smallest absolute Gasteiger partial charge is 0.254 e. The van der Waals surface area contributed by atoms with Crippen LogP contribution in [0.15, 0.2) is 59.2 Å². The number of benzene rings is 2. The maximum atomic E-state index is 13.3. The maximum absolute atomic E-state index is 13.3. The molecule has 7 rings (SSSR count). The molecule has 0 saturated carbocycles. The number of hydrogen-bond acceptors (Lipinski definition) is 9. The summed E-state index contributed by atoms with van der Waals surface area (Å²) >= 11 is 0. The van der Waals surface area contributed by atoms with Crippen LogP contribution in [0.4, 0.5) is 0 Å². The number of likely N-dealkylation sites (tertiary alicyclic amines) is 1. The predicted molar refractivity (Wildman–Crippen MR) is 163 cm³/mol. The Hall–Kier alpha value is -4.43. The normalized spacial score (nSPS) is 18.1. The number of morpholine rings is 1. The number of amides is 1. The van der Waals surface area contributed by atoms with Crippen molar-refractivity contribution in [1.29, 1.82) is 5.26 Å². The van der Waals surface area contributed by atoms with Gasteiger partial charge in [0.2, 0.25) is 0 Å². The van der Waals surface area contributed by atoms with E-state index >= 15 is 0 Å². The molecule has 0 bridgehead atoms. The van der Waals surface area contributed by atoms with Crippen LogP contribution in [-0.4, -0.2) is 92.6 Å². The minimum atomic E-state index is -0.00890. The number of aromatic nitrogens is 1. The van der Waals surface area contributed by atoms with Gasteiger partial charge in [0.1, 0.15) is 29.2 Å². The standard InChI is InChI=1S/C34H34N4O6/c1-40-32-17-23(34(39)38-20-25(21-38)37-9-14-42-15-10-37)2-4-27(32)30-18-28(33-29(36-30)8-13-43-33)22-3-5-31(24(16-22)19-35)44-26-6-11-41-12-7-26/h2-5,8,13,16-18,25-26H,6-7,9-12,14-15,20-21H2,1H3. The van der Waals surface area contributed by atoms with Crippen molar-refractivity contribution in [1.82, 2.24) is 14.8 Å². The molecule has 5 heterocycles. The fraction of sp³-hybridized carbons (Fsp3) is 0.382. The molecule has 44 heavy (non-hydrogen) atoms. The van der Waals surface area contributed by atoms with Crippen LogP contribution in [0.1, 0.15) is 28.8 Å². The number of fused-ring (bicyclic) bond motifs is 1. The van der Waals surface area contributed by atoms with E-state index in [0.29, 0.717) is 71.8 Å². The second-order valence-corrected chi connectivity index (χ2v) is 11.4. The Bertz CT molecular complexity index is 1710. The van der Waals surface area contributed by atoms with Gasteiger partial charge in [0.25, 0.3) is 5.91 Å². The summed E-state index contributed by atoms with van der Waals surface area (Å²) in [5, 5.41) is 9.96. The number of pyridine rings is 1. The fourth-order valence-corrected chi connectivity index (χ4v) is 6.18. The Morgan fingerprint density at radius 1 is 0.955 bits per heavy atom. The van der Waals surface area contributed by atoms with Crippen LogP contribution in [0.25, 0.3) is 33.5 Å². The molecule has 10 heteroatoms. The highest BCUT2D eigenvalue weighted by Crippen LogP contribution is 2.38. The number of nitriles is 1. The lowest BCUT2D eigenvalue weighted by molar-refractivity contribution is -0.0256. The molecule has 226 valence electrons. The third-order valence-electron chi connectivity index (χ3n) is 8.72. The van der Waals surface area contributed by atoms with Gasteiger partial charge in [0, 0.05) is 67.8 Å². The minimum Gasteiger partial charge on any atom is -0.496 e. The fourth-order valence-electron chi connectivity index (χ4n) is 6.18. The van der Waals surface area contributed by atoms with E-state index < -0.39 is 0 Å². The van der Waals surface area contributed by atoms with Crippen molar-refractivity contribution in [2.24, 2.45) is 0 Å². The zero-order valence-corrected chi connectivity index (χ0v) is 24.7. The van der Waals surface area contributed by atoms with E-state index in [0.717, 1.165) is 55.8 Å². The van der Waals surface area contributed by atoms with Gasteiger partial charge in [-0.15, -0.1) is 0 Å². The first-order valence-corrected chi connectivity index (χ1v) is 15.1. The van der Waals surface area contributed by atoms with Gasteiger partial charge in [-0.05, 0) is 42.0 Å². The number of carbonyl (C=O) groups excluding carboxylic acids is 1. The first kappa shape index (κ1) is 28.3. The molecule has 2 aromatic carbocycles. The van der Waals surface area contributed by atoms with Gasteiger partial charge in [-0.2, -0.15) is 5.26 Å². The third kappa shape index (κ3) is 5.50. The molecule has 3 aliphatic heterocycles. The van der Waals surface area contributed by atoms with Gasteiger partial charge in [-0.1, -0.05) is 6.07 Å². The first-order valence-electron chi connectivity index (χ1n) is 15.1. The number of methoxy groups -OCH3 is 1. The highest BCUT2D eigenvalue weighted by atomic mass is 16.5. The molecule has 3 aliphatic rings. The number of furan rings is 1. The number of ether oxygens (including phenoxy) is 4. The van der Waals surface area contributed by atoms with Crippen molar-refractivity contribution < 1.29 is 28.2 Å². The molecule has 0 spiro atoms. The van der Waals surface area contributed by atoms with Gasteiger partial charge in [0.05, 0.1) is 51.1 Å². The van der Waals surface area contributed by atoms with Gasteiger partial charge in [0.15, 0.2) is 5.58 Å². The van der Waals surface area contributed by atoms with Crippen molar-refractivity contribution in [2.45, 2.75) is 25.0 Å². The van der Waals surface area contributed by atoms with Crippen molar-refractivity contribution in [2.75, 3.05) is 59.7 Å². The van der Waals surface area contributed by atoms with Crippen molar-refractivity contribution in [3.05, 3.63) is 65.9 Å². The number of carbonyl (C=O) groups is 1. The summed E-state index contributed by atoms with van der Waals surface area (Å²) in [7, 11) is 1.60. The Kier molecular flexibility index (Phi) is 7.91. The Morgan fingerprint density at radius 3 is 2.52 bits per heavy atom. The van der Waals surface area contributed by atoms with Crippen molar-refractivity contribution >= 4 is 17.0 Å². The van der Waals surface area contributed by atoms with E-state index in [1.165, 1.54) is 0 Å². The molecule has 0 N–H and O–H groups in total. The summed E-state index contributed by atoms with van der Waals surface area (Å²) in [6.07, 6.45) is 3.23. The van der Waals surface area contributed by atoms with Gasteiger partial charge in [-0.3, -0.25) is 9.69 Å². The van der Waals surface area contributed by atoms with Crippen molar-refractivity contribution in [3.8, 4) is 40.0 Å². The monoisotopic (exact) mass is 594 g/mol. The van der Waals surface area contributed by atoms with Crippen LogP contribution in [0.3, 0.4) is 0 Å². The topological polar surface area (TPSA) is 110 Å². The molecule has 10 nitrogen and oxygen atoms in total. The van der Waals surface area contributed by atoms with E-state index in [9.17, 15) is 10.1 Å². The molecule has 1 amide bonds. The van der Waals surface area contributed by atoms with Crippen LogP contribution in [-0.2, 0) is 9.47 Å².